The molecule has 1 fully saturated rings. The van der Waals surface area contributed by atoms with Gasteiger partial charge in [-0.25, -0.2) is 0 Å². The van der Waals surface area contributed by atoms with E-state index in [9.17, 15) is 9.59 Å². The number of amides is 2. The van der Waals surface area contributed by atoms with Gasteiger partial charge in [0.25, 0.3) is 5.91 Å². The van der Waals surface area contributed by atoms with Crippen LogP contribution in [0.1, 0.15) is 23.2 Å². The molecule has 0 radical (unpaired) electrons. The standard InChI is InChI=1S/C21H26N2O6/c1-26-11-12-29-19-13-17(3-4-18(19)27-2)22-20(24)15-5-8-23(9-6-15)21(25)16-7-10-28-14-16/h3-4,7,10,13-15H,5-6,8-9,11-12H2,1-2H3,(H,22,24). The Labute approximate surface area is 169 Å². The largest absolute Gasteiger partial charge is 0.493 e. The van der Waals surface area contributed by atoms with Gasteiger partial charge in [-0.3, -0.25) is 9.59 Å². The molecule has 0 aliphatic carbocycles. The van der Waals surface area contributed by atoms with Crippen molar-refractivity contribution in [3.05, 3.63) is 42.4 Å². The third kappa shape index (κ3) is 5.29. The second kappa shape index (κ2) is 9.97. The zero-order chi connectivity index (χ0) is 20.6. The quantitative estimate of drug-likeness (QED) is 0.683. The number of hydrogen-bond donors (Lipinski definition) is 1. The topological polar surface area (TPSA) is 90.2 Å². The van der Waals surface area contributed by atoms with Crippen LogP contribution in [0.5, 0.6) is 11.5 Å². The number of furan rings is 1. The first kappa shape index (κ1) is 20.7. The molecule has 1 aliphatic rings. The lowest BCUT2D eigenvalue weighted by Gasteiger charge is -2.31. The fourth-order valence-corrected chi connectivity index (χ4v) is 3.26. The van der Waals surface area contributed by atoms with Crippen molar-refractivity contribution in [2.24, 2.45) is 5.92 Å². The van der Waals surface area contributed by atoms with Gasteiger partial charge >= 0.3 is 0 Å². The van der Waals surface area contributed by atoms with Crippen molar-refractivity contribution < 1.29 is 28.2 Å². The third-order valence-electron chi connectivity index (χ3n) is 4.90. The molecule has 1 aromatic carbocycles. The number of piperidine rings is 1. The van der Waals surface area contributed by atoms with Gasteiger partial charge in [-0.05, 0) is 31.0 Å². The van der Waals surface area contributed by atoms with Crippen LogP contribution >= 0.6 is 0 Å². The molecule has 156 valence electrons. The van der Waals surface area contributed by atoms with E-state index in [2.05, 4.69) is 5.32 Å². The molecule has 1 aromatic heterocycles. The molecular weight excluding hydrogens is 376 g/mol. The minimum atomic E-state index is -0.150. The number of carbonyl (C=O) groups is 2. The lowest BCUT2D eigenvalue weighted by molar-refractivity contribution is -0.121. The summed E-state index contributed by atoms with van der Waals surface area (Å²) in [6.07, 6.45) is 4.15. The van der Waals surface area contributed by atoms with Gasteiger partial charge in [0, 0.05) is 37.9 Å². The van der Waals surface area contributed by atoms with E-state index in [4.69, 9.17) is 18.6 Å². The smallest absolute Gasteiger partial charge is 0.257 e. The highest BCUT2D eigenvalue weighted by atomic mass is 16.5. The molecule has 2 aromatic rings. The first-order valence-corrected chi connectivity index (χ1v) is 9.54. The molecule has 1 N–H and O–H groups in total. The normalized spacial score (nSPS) is 14.5. The zero-order valence-electron chi connectivity index (χ0n) is 16.7. The van der Waals surface area contributed by atoms with Gasteiger partial charge in [0.1, 0.15) is 12.9 Å². The van der Waals surface area contributed by atoms with Crippen LogP contribution in [-0.4, -0.2) is 57.2 Å². The highest BCUT2D eigenvalue weighted by Crippen LogP contribution is 2.31. The van der Waals surface area contributed by atoms with E-state index >= 15 is 0 Å². The molecule has 8 nitrogen and oxygen atoms in total. The molecule has 8 heteroatoms. The molecule has 0 spiro atoms. The van der Waals surface area contributed by atoms with Crippen LogP contribution < -0.4 is 14.8 Å². The minimum absolute atomic E-state index is 0.0616. The summed E-state index contributed by atoms with van der Waals surface area (Å²) in [5.41, 5.74) is 1.17. The van der Waals surface area contributed by atoms with Crippen LogP contribution in [0.15, 0.2) is 41.2 Å². The monoisotopic (exact) mass is 402 g/mol. The summed E-state index contributed by atoms with van der Waals surface area (Å²) in [5, 5.41) is 2.94. The number of carbonyl (C=O) groups excluding carboxylic acids is 2. The van der Waals surface area contributed by atoms with Gasteiger partial charge in [-0.2, -0.15) is 0 Å². The lowest BCUT2D eigenvalue weighted by atomic mass is 9.95. The zero-order valence-corrected chi connectivity index (χ0v) is 16.7. The Balaban J connectivity index is 1.55. The van der Waals surface area contributed by atoms with Gasteiger partial charge in [0.15, 0.2) is 11.5 Å². The second-order valence-corrected chi connectivity index (χ2v) is 6.77. The van der Waals surface area contributed by atoms with E-state index < -0.39 is 0 Å². The number of rotatable bonds is 8. The Morgan fingerprint density at radius 1 is 1.14 bits per heavy atom. The maximum absolute atomic E-state index is 12.7. The van der Waals surface area contributed by atoms with Gasteiger partial charge < -0.3 is 28.8 Å². The summed E-state index contributed by atoms with van der Waals surface area (Å²) in [7, 11) is 3.17. The predicted molar refractivity (Wildman–Crippen MR) is 106 cm³/mol. The summed E-state index contributed by atoms with van der Waals surface area (Å²) in [6.45, 7) is 1.91. The molecule has 1 aliphatic heterocycles. The molecular formula is C21H26N2O6. The maximum Gasteiger partial charge on any atom is 0.257 e. The van der Waals surface area contributed by atoms with E-state index in [-0.39, 0.29) is 17.7 Å². The third-order valence-corrected chi connectivity index (χ3v) is 4.90. The van der Waals surface area contributed by atoms with E-state index in [1.54, 1.807) is 43.4 Å². The van der Waals surface area contributed by atoms with Crippen molar-refractivity contribution in [2.45, 2.75) is 12.8 Å². The van der Waals surface area contributed by atoms with Crippen molar-refractivity contribution in [3.8, 4) is 11.5 Å². The van der Waals surface area contributed by atoms with Gasteiger partial charge in [-0.15, -0.1) is 0 Å². The Kier molecular flexibility index (Phi) is 7.13. The number of likely N-dealkylation sites (tertiary alicyclic amines) is 1. The fourth-order valence-electron chi connectivity index (χ4n) is 3.26. The first-order chi connectivity index (χ1) is 14.1. The molecule has 0 atom stereocenters. The Bertz CT molecular complexity index is 813. The number of ether oxygens (including phenoxy) is 3. The second-order valence-electron chi connectivity index (χ2n) is 6.77. The van der Waals surface area contributed by atoms with Crippen LogP contribution in [0.4, 0.5) is 5.69 Å². The summed E-state index contributed by atoms with van der Waals surface area (Å²) in [4.78, 5) is 26.8. The molecule has 0 unspecified atom stereocenters. The van der Waals surface area contributed by atoms with E-state index in [0.29, 0.717) is 61.9 Å². The summed E-state index contributed by atoms with van der Waals surface area (Å²) in [6, 6.07) is 6.92. The molecule has 1 saturated heterocycles. The SMILES string of the molecule is COCCOc1cc(NC(=O)C2CCN(C(=O)c3ccoc3)CC2)ccc1OC. The summed E-state index contributed by atoms with van der Waals surface area (Å²) >= 11 is 0. The maximum atomic E-state index is 12.7. The van der Waals surface area contributed by atoms with Crippen molar-refractivity contribution in [1.29, 1.82) is 0 Å². The number of benzene rings is 1. The van der Waals surface area contributed by atoms with E-state index in [1.807, 2.05) is 0 Å². The average Bonchev–Trinajstić information content (AvgIpc) is 3.29. The molecule has 2 heterocycles. The molecule has 2 amide bonds. The highest BCUT2D eigenvalue weighted by Gasteiger charge is 2.28. The Morgan fingerprint density at radius 2 is 1.93 bits per heavy atom. The highest BCUT2D eigenvalue weighted by molar-refractivity contribution is 5.95. The number of methoxy groups -OCH3 is 2. The average molecular weight is 402 g/mol. The molecule has 0 saturated carbocycles. The number of nitrogens with zero attached hydrogens (tertiary/aromatic N) is 1. The van der Waals surface area contributed by atoms with Crippen LogP contribution in [0, 0.1) is 5.92 Å². The van der Waals surface area contributed by atoms with E-state index in [0.717, 1.165) is 0 Å². The number of anilines is 1. The van der Waals surface area contributed by atoms with Crippen LogP contribution in [-0.2, 0) is 9.53 Å². The Hall–Kier alpha value is -3.00. The lowest BCUT2D eigenvalue weighted by Crippen LogP contribution is -2.41. The minimum Gasteiger partial charge on any atom is -0.493 e. The van der Waals surface area contributed by atoms with Crippen molar-refractivity contribution in [2.75, 3.05) is 45.8 Å². The van der Waals surface area contributed by atoms with Crippen molar-refractivity contribution >= 4 is 17.5 Å². The van der Waals surface area contributed by atoms with Crippen molar-refractivity contribution in [1.82, 2.24) is 4.90 Å². The van der Waals surface area contributed by atoms with Gasteiger partial charge in [-0.1, -0.05) is 0 Å². The Morgan fingerprint density at radius 3 is 2.59 bits per heavy atom. The fraction of sp³-hybridized carbons (Fsp3) is 0.429. The summed E-state index contributed by atoms with van der Waals surface area (Å²) < 4.78 is 20.9. The van der Waals surface area contributed by atoms with Crippen LogP contribution in [0.25, 0.3) is 0 Å². The van der Waals surface area contributed by atoms with Gasteiger partial charge in [0.05, 0.1) is 25.5 Å². The van der Waals surface area contributed by atoms with Crippen LogP contribution in [0.2, 0.25) is 0 Å². The molecule has 29 heavy (non-hydrogen) atoms. The van der Waals surface area contributed by atoms with Gasteiger partial charge in [0.2, 0.25) is 5.91 Å². The molecule has 3 rings (SSSR count). The number of nitrogens with one attached hydrogen (secondary N) is 1. The van der Waals surface area contributed by atoms with E-state index in [1.165, 1.54) is 12.5 Å². The first-order valence-electron chi connectivity index (χ1n) is 9.54. The predicted octanol–water partition coefficient (Wildman–Crippen LogP) is 2.80. The van der Waals surface area contributed by atoms with Crippen LogP contribution in [0.3, 0.4) is 0 Å². The number of hydrogen-bond acceptors (Lipinski definition) is 6. The van der Waals surface area contributed by atoms with Crippen molar-refractivity contribution in [3.63, 3.8) is 0 Å². The summed E-state index contributed by atoms with van der Waals surface area (Å²) in [5.74, 6) is 0.857. The molecule has 0 bridgehead atoms.